The van der Waals surface area contributed by atoms with Crippen molar-refractivity contribution in [3.63, 3.8) is 0 Å². The zero-order valence-electron chi connectivity index (χ0n) is 14.7. The molecule has 3 amide bonds. The van der Waals surface area contributed by atoms with Gasteiger partial charge in [0, 0.05) is 12.5 Å². The number of amides is 3. The molecular formula is C17H21N3O5. The Hall–Kier alpha value is -3.16. The number of hydrogen-bond acceptors (Lipinski definition) is 4. The average molecular weight is 348 g/mol. The minimum absolute atomic E-state index is 0.178. The zero-order chi connectivity index (χ0) is 19.7. The summed E-state index contributed by atoms with van der Waals surface area (Å²) in [6, 6.07) is 6.56. The summed E-state index contributed by atoms with van der Waals surface area (Å²) in [5.41, 5.74) is 5.89. The third-order valence-electron chi connectivity index (χ3n) is 3.23. The summed E-state index contributed by atoms with van der Waals surface area (Å²) < 4.78 is 7.76. The number of aliphatic carboxylic acids is 1. The summed E-state index contributed by atoms with van der Waals surface area (Å²) in [7, 11) is 0. The van der Waals surface area contributed by atoms with Crippen LogP contribution in [0.2, 0.25) is 1.41 Å². The molecule has 5 N–H and O–H groups in total. The molecule has 1 aromatic carbocycles. The molecule has 2 atom stereocenters. The summed E-state index contributed by atoms with van der Waals surface area (Å²) in [4.78, 5) is 46.0. The Morgan fingerprint density at radius 3 is 2.48 bits per heavy atom. The second-order valence-corrected chi connectivity index (χ2v) is 5.28. The van der Waals surface area contributed by atoms with Crippen molar-refractivity contribution in [2.24, 2.45) is 5.73 Å². The van der Waals surface area contributed by atoms with Crippen molar-refractivity contribution in [3.8, 4) is 0 Å². The number of carbonyl (C=O) groups is 4. The SMILES string of the molecule is [2H]N(C(=O)C=Cc1ccccc1)[C@@H](C)C(=O)N[C@@H](CCC(=O)O)C(N)=O. The van der Waals surface area contributed by atoms with Crippen LogP contribution in [0.3, 0.4) is 0 Å². The van der Waals surface area contributed by atoms with Crippen LogP contribution in [0.4, 0.5) is 0 Å². The Labute approximate surface area is 146 Å². The third-order valence-corrected chi connectivity index (χ3v) is 3.23. The Morgan fingerprint density at radius 1 is 1.28 bits per heavy atom. The van der Waals surface area contributed by atoms with Crippen LogP contribution in [0.15, 0.2) is 36.4 Å². The number of hydrogen-bond donors (Lipinski definition) is 4. The number of carbonyl (C=O) groups excluding carboxylic acids is 3. The number of primary amides is 1. The molecule has 8 heteroatoms. The van der Waals surface area contributed by atoms with E-state index in [-0.39, 0.29) is 12.8 Å². The van der Waals surface area contributed by atoms with Gasteiger partial charge >= 0.3 is 5.97 Å². The Kier molecular flexibility index (Phi) is 7.17. The first-order chi connectivity index (χ1) is 12.2. The smallest absolute Gasteiger partial charge is 0.303 e. The molecular weight excluding hydrogens is 326 g/mol. The highest BCUT2D eigenvalue weighted by Gasteiger charge is 2.22. The van der Waals surface area contributed by atoms with Gasteiger partial charge in [0.25, 0.3) is 0 Å². The predicted octanol–water partition coefficient (Wildman–Crippen LogP) is 0.0394. The van der Waals surface area contributed by atoms with Crippen LogP contribution in [0.25, 0.3) is 6.08 Å². The molecule has 0 heterocycles. The van der Waals surface area contributed by atoms with Gasteiger partial charge in [-0.05, 0) is 25.0 Å². The van der Waals surface area contributed by atoms with Crippen LogP contribution < -0.4 is 16.4 Å². The molecule has 0 unspecified atom stereocenters. The molecule has 134 valence electrons. The molecule has 0 bridgehead atoms. The average Bonchev–Trinajstić information content (AvgIpc) is 2.62. The van der Waals surface area contributed by atoms with E-state index in [9.17, 15) is 19.2 Å². The van der Waals surface area contributed by atoms with Crippen molar-refractivity contribution in [3.05, 3.63) is 42.0 Å². The van der Waals surface area contributed by atoms with Crippen molar-refractivity contribution >= 4 is 29.8 Å². The quantitative estimate of drug-likeness (QED) is 0.467. The third kappa shape index (κ3) is 7.78. The van der Waals surface area contributed by atoms with Crippen LogP contribution >= 0.6 is 0 Å². The fraction of sp³-hybridized carbons (Fsp3) is 0.294. The number of carboxylic acid groups (broad SMARTS) is 1. The van der Waals surface area contributed by atoms with Gasteiger partial charge in [-0.3, -0.25) is 19.2 Å². The second kappa shape index (κ2) is 9.86. The topological polar surface area (TPSA) is 139 Å². The van der Waals surface area contributed by atoms with E-state index >= 15 is 0 Å². The highest BCUT2D eigenvalue weighted by molar-refractivity contribution is 5.96. The molecule has 0 radical (unpaired) electrons. The first-order valence-corrected chi connectivity index (χ1v) is 7.59. The van der Waals surface area contributed by atoms with E-state index in [0.29, 0.717) is 5.31 Å². The lowest BCUT2D eigenvalue weighted by Gasteiger charge is -2.18. The number of nitrogens with two attached hydrogens (primary N) is 1. The van der Waals surface area contributed by atoms with Crippen molar-refractivity contribution in [2.75, 3.05) is 0 Å². The lowest BCUT2D eigenvalue weighted by atomic mass is 10.1. The first kappa shape index (κ1) is 18.2. The Morgan fingerprint density at radius 2 is 1.92 bits per heavy atom. The van der Waals surface area contributed by atoms with E-state index in [0.717, 1.165) is 11.6 Å². The fourth-order valence-electron chi connectivity index (χ4n) is 1.87. The molecule has 0 saturated heterocycles. The van der Waals surface area contributed by atoms with E-state index in [1.54, 1.807) is 24.3 Å². The molecule has 1 aromatic rings. The van der Waals surface area contributed by atoms with Crippen LogP contribution in [0.5, 0.6) is 0 Å². The standard InChI is InChI=1S/C17H21N3O5/c1-11(17(25)20-13(16(18)24)8-10-15(22)23)19-14(21)9-7-12-5-3-2-4-6-12/h2-7,9,11,13H,8,10H2,1H3,(H2,18,24)(H,19,21)(H,20,25)(H,22,23)/t11-,13-/m0/s1/i/hD. The zero-order valence-corrected chi connectivity index (χ0v) is 13.7. The van der Waals surface area contributed by atoms with Crippen LogP contribution in [-0.4, -0.2) is 40.9 Å². The van der Waals surface area contributed by atoms with Crippen molar-refractivity contribution < 1.29 is 25.7 Å². The maximum Gasteiger partial charge on any atom is 0.303 e. The largest absolute Gasteiger partial charge is 0.481 e. The number of rotatable bonds is 9. The fourth-order valence-corrected chi connectivity index (χ4v) is 1.87. The number of benzene rings is 1. The maximum absolute atomic E-state index is 12.1. The molecule has 25 heavy (non-hydrogen) atoms. The monoisotopic (exact) mass is 348 g/mol. The minimum Gasteiger partial charge on any atom is -0.481 e. The molecule has 0 aromatic heterocycles. The lowest BCUT2D eigenvalue weighted by Crippen LogP contribution is -2.51. The molecule has 0 spiro atoms. The van der Waals surface area contributed by atoms with E-state index in [2.05, 4.69) is 5.32 Å². The Bertz CT molecular complexity index is 693. The second-order valence-electron chi connectivity index (χ2n) is 5.28. The minimum atomic E-state index is -1.20. The van der Waals surface area contributed by atoms with Gasteiger partial charge in [0.05, 0.1) is 0 Å². The van der Waals surface area contributed by atoms with Crippen molar-refractivity contribution in [1.29, 1.82) is 0 Å². The Balaban J connectivity index is 2.67. The number of nitrogens with one attached hydrogen (secondary N) is 2. The van der Waals surface area contributed by atoms with Crippen molar-refractivity contribution in [1.82, 2.24) is 10.6 Å². The first-order valence-electron chi connectivity index (χ1n) is 8.03. The highest BCUT2D eigenvalue weighted by Crippen LogP contribution is 2.01. The van der Waals surface area contributed by atoms with Gasteiger partial charge in [-0.2, -0.15) is 0 Å². The van der Waals surface area contributed by atoms with Crippen LogP contribution in [0, 0.1) is 0 Å². The van der Waals surface area contributed by atoms with Crippen molar-refractivity contribution in [2.45, 2.75) is 31.8 Å². The summed E-state index contributed by atoms with van der Waals surface area (Å²) in [5, 5.41) is 11.4. The van der Waals surface area contributed by atoms with Gasteiger partial charge in [0.15, 0.2) is 1.41 Å². The van der Waals surface area contributed by atoms with E-state index in [1.807, 2.05) is 6.07 Å². The highest BCUT2D eigenvalue weighted by atomic mass is 16.4. The van der Waals surface area contributed by atoms with Gasteiger partial charge in [0.2, 0.25) is 17.7 Å². The van der Waals surface area contributed by atoms with Gasteiger partial charge in [0.1, 0.15) is 12.1 Å². The van der Waals surface area contributed by atoms with Crippen LogP contribution in [0.1, 0.15) is 25.3 Å². The molecule has 8 nitrogen and oxygen atoms in total. The van der Waals surface area contributed by atoms with E-state index < -0.39 is 35.8 Å². The summed E-state index contributed by atoms with van der Waals surface area (Å²) in [6.45, 7) is 1.31. The van der Waals surface area contributed by atoms with Gasteiger partial charge in [-0.1, -0.05) is 30.3 Å². The molecule has 0 saturated carbocycles. The number of carboxylic acids is 1. The molecule has 0 aliphatic carbocycles. The summed E-state index contributed by atoms with van der Waals surface area (Å²) in [6.07, 6.45) is 2.13. The lowest BCUT2D eigenvalue weighted by molar-refractivity contribution is -0.137. The molecule has 0 fully saturated rings. The maximum atomic E-state index is 12.1. The summed E-state index contributed by atoms with van der Waals surface area (Å²) in [5.74, 6) is -3.53. The van der Waals surface area contributed by atoms with Gasteiger partial charge < -0.3 is 21.5 Å². The molecule has 1 rings (SSSR count). The van der Waals surface area contributed by atoms with Crippen LogP contribution in [-0.2, 0) is 19.2 Å². The summed E-state index contributed by atoms with van der Waals surface area (Å²) >= 11 is 0. The normalized spacial score (nSPS) is 13.6. The molecule has 0 aliphatic heterocycles. The van der Waals surface area contributed by atoms with Gasteiger partial charge in [-0.15, -0.1) is 0 Å². The van der Waals surface area contributed by atoms with Gasteiger partial charge in [-0.25, -0.2) is 0 Å². The molecule has 0 aliphatic rings. The van der Waals surface area contributed by atoms with E-state index in [1.165, 1.54) is 13.0 Å². The predicted molar refractivity (Wildman–Crippen MR) is 91.1 cm³/mol. The van der Waals surface area contributed by atoms with E-state index in [4.69, 9.17) is 12.3 Å².